The van der Waals surface area contributed by atoms with Crippen LogP contribution in [0.2, 0.25) is 0 Å². The third kappa shape index (κ3) is 7.17. The van der Waals surface area contributed by atoms with Gasteiger partial charge in [-0.15, -0.1) is 0 Å². The number of hydrogen-bond donors (Lipinski definition) is 0. The molecule has 0 atom stereocenters. The van der Waals surface area contributed by atoms with Crippen LogP contribution in [0, 0.1) is 29.6 Å². The van der Waals surface area contributed by atoms with E-state index in [2.05, 4.69) is 26.0 Å². The van der Waals surface area contributed by atoms with Crippen molar-refractivity contribution >= 4 is 0 Å². The number of ether oxygens (including phenoxy) is 2. The van der Waals surface area contributed by atoms with Crippen LogP contribution in [0.1, 0.15) is 104 Å². The Labute approximate surface area is 174 Å². The molecule has 2 aliphatic carbocycles. The van der Waals surface area contributed by atoms with Crippen molar-refractivity contribution in [2.24, 2.45) is 29.6 Å². The van der Waals surface area contributed by atoms with Crippen LogP contribution >= 0.6 is 0 Å². The van der Waals surface area contributed by atoms with Crippen molar-refractivity contribution in [3.05, 3.63) is 12.2 Å². The van der Waals surface area contributed by atoms with Gasteiger partial charge in [0.15, 0.2) is 6.29 Å². The van der Waals surface area contributed by atoms with E-state index < -0.39 is 0 Å². The van der Waals surface area contributed by atoms with Gasteiger partial charge in [0.2, 0.25) is 0 Å². The van der Waals surface area contributed by atoms with Crippen molar-refractivity contribution in [1.82, 2.24) is 0 Å². The Bertz CT molecular complexity index is 422. The van der Waals surface area contributed by atoms with Crippen molar-refractivity contribution in [3.8, 4) is 0 Å². The van der Waals surface area contributed by atoms with E-state index in [1.54, 1.807) is 0 Å². The molecule has 2 heteroatoms. The SMILES string of the molecule is CCCCCCC1CCC(C2CCC(/C=C/C3OCC(CC)CO3)CC2)CC1. The van der Waals surface area contributed by atoms with E-state index >= 15 is 0 Å². The molecule has 3 fully saturated rings. The van der Waals surface area contributed by atoms with Crippen LogP contribution in [0.5, 0.6) is 0 Å². The maximum absolute atomic E-state index is 5.83. The Morgan fingerprint density at radius 3 is 1.93 bits per heavy atom. The van der Waals surface area contributed by atoms with Gasteiger partial charge in [0.05, 0.1) is 13.2 Å². The molecule has 0 spiro atoms. The average molecular weight is 391 g/mol. The first-order valence-corrected chi connectivity index (χ1v) is 12.7. The summed E-state index contributed by atoms with van der Waals surface area (Å²) < 4.78 is 11.7. The van der Waals surface area contributed by atoms with Crippen LogP contribution < -0.4 is 0 Å². The van der Waals surface area contributed by atoms with Gasteiger partial charge in [0, 0.05) is 5.92 Å². The molecule has 0 unspecified atom stereocenters. The van der Waals surface area contributed by atoms with Crippen LogP contribution in [0.3, 0.4) is 0 Å². The second kappa shape index (κ2) is 12.4. The largest absolute Gasteiger partial charge is 0.349 e. The molecule has 28 heavy (non-hydrogen) atoms. The minimum absolute atomic E-state index is 0.0897. The Morgan fingerprint density at radius 2 is 1.32 bits per heavy atom. The molecule has 3 rings (SSSR count). The Morgan fingerprint density at radius 1 is 0.679 bits per heavy atom. The van der Waals surface area contributed by atoms with Gasteiger partial charge in [0.1, 0.15) is 0 Å². The second-order valence-corrected chi connectivity index (χ2v) is 10.00. The molecule has 162 valence electrons. The molecule has 0 bridgehead atoms. The summed E-state index contributed by atoms with van der Waals surface area (Å²) in [5, 5.41) is 0. The highest BCUT2D eigenvalue weighted by Crippen LogP contribution is 2.42. The quantitative estimate of drug-likeness (QED) is 0.299. The summed E-state index contributed by atoms with van der Waals surface area (Å²) in [6.45, 7) is 6.25. The highest BCUT2D eigenvalue weighted by molar-refractivity contribution is 4.95. The van der Waals surface area contributed by atoms with Crippen LogP contribution in [-0.4, -0.2) is 19.5 Å². The van der Waals surface area contributed by atoms with E-state index in [-0.39, 0.29) is 6.29 Å². The van der Waals surface area contributed by atoms with Gasteiger partial charge in [-0.25, -0.2) is 0 Å². The van der Waals surface area contributed by atoms with Gasteiger partial charge < -0.3 is 9.47 Å². The standard InChI is InChI=1S/C26H46O2/c1-3-5-6-7-8-22-9-14-24(15-10-22)25-16-11-23(12-17-25)13-18-26-27-19-21(4-2)20-28-26/h13,18,21-26H,3-12,14-17,19-20H2,1-2H3/b18-13+. The molecular formula is C26H46O2. The van der Waals surface area contributed by atoms with Gasteiger partial charge >= 0.3 is 0 Å². The van der Waals surface area contributed by atoms with Crippen LogP contribution in [0.25, 0.3) is 0 Å². The predicted molar refractivity (Wildman–Crippen MR) is 118 cm³/mol. The molecule has 1 saturated heterocycles. The first-order chi connectivity index (χ1) is 13.8. The maximum Gasteiger partial charge on any atom is 0.176 e. The van der Waals surface area contributed by atoms with E-state index in [1.165, 1.54) is 83.5 Å². The third-order valence-corrected chi connectivity index (χ3v) is 7.95. The Hall–Kier alpha value is -0.340. The highest BCUT2D eigenvalue weighted by atomic mass is 16.7. The minimum Gasteiger partial charge on any atom is -0.349 e. The predicted octanol–water partition coefficient (Wildman–Crippen LogP) is 7.52. The van der Waals surface area contributed by atoms with Gasteiger partial charge in [-0.1, -0.05) is 64.9 Å². The van der Waals surface area contributed by atoms with Gasteiger partial charge in [-0.2, -0.15) is 0 Å². The highest BCUT2D eigenvalue weighted by Gasteiger charge is 2.30. The summed E-state index contributed by atoms with van der Waals surface area (Å²) in [5.41, 5.74) is 0. The zero-order chi connectivity index (χ0) is 19.6. The van der Waals surface area contributed by atoms with Gasteiger partial charge in [-0.05, 0) is 74.7 Å². The fraction of sp³-hybridized carbons (Fsp3) is 0.923. The van der Waals surface area contributed by atoms with E-state index in [0.29, 0.717) is 5.92 Å². The van der Waals surface area contributed by atoms with E-state index in [1.807, 2.05) is 0 Å². The summed E-state index contributed by atoms with van der Waals surface area (Å²) in [5.74, 6) is 4.44. The maximum atomic E-state index is 5.83. The van der Waals surface area contributed by atoms with Crippen molar-refractivity contribution in [3.63, 3.8) is 0 Å². The summed E-state index contributed by atoms with van der Waals surface area (Å²) in [7, 11) is 0. The fourth-order valence-electron chi connectivity index (χ4n) is 5.77. The topological polar surface area (TPSA) is 18.5 Å². The zero-order valence-corrected chi connectivity index (χ0v) is 18.7. The van der Waals surface area contributed by atoms with E-state index in [4.69, 9.17) is 9.47 Å². The fourth-order valence-corrected chi connectivity index (χ4v) is 5.77. The number of allylic oxidation sites excluding steroid dienone is 1. The minimum atomic E-state index is -0.0897. The lowest BCUT2D eigenvalue weighted by atomic mass is 9.68. The van der Waals surface area contributed by atoms with E-state index in [0.717, 1.165) is 43.3 Å². The first-order valence-electron chi connectivity index (χ1n) is 12.7. The Kier molecular flexibility index (Phi) is 9.88. The van der Waals surface area contributed by atoms with Crippen molar-refractivity contribution < 1.29 is 9.47 Å². The van der Waals surface area contributed by atoms with Crippen molar-refractivity contribution in [1.29, 1.82) is 0 Å². The molecule has 0 aromatic heterocycles. The lowest BCUT2D eigenvalue weighted by Crippen LogP contribution is -2.30. The van der Waals surface area contributed by atoms with E-state index in [9.17, 15) is 0 Å². The number of rotatable bonds is 9. The smallest absolute Gasteiger partial charge is 0.176 e. The first kappa shape index (κ1) is 22.3. The van der Waals surface area contributed by atoms with Crippen LogP contribution in [0.15, 0.2) is 12.2 Å². The number of unbranched alkanes of at least 4 members (excludes halogenated alkanes) is 3. The molecule has 0 aromatic carbocycles. The molecule has 0 amide bonds. The zero-order valence-electron chi connectivity index (χ0n) is 18.7. The van der Waals surface area contributed by atoms with Gasteiger partial charge in [0.25, 0.3) is 0 Å². The lowest BCUT2D eigenvalue weighted by molar-refractivity contribution is -0.174. The molecule has 2 saturated carbocycles. The Balaban J connectivity index is 1.29. The van der Waals surface area contributed by atoms with Gasteiger partial charge in [-0.3, -0.25) is 0 Å². The third-order valence-electron chi connectivity index (χ3n) is 7.95. The summed E-state index contributed by atoms with van der Waals surface area (Å²) >= 11 is 0. The molecule has 1 heterocycles. The molecule has 3 aliphatic rings. The summed E-state index contributed by atoms with van der Waals surface area (Å²) in [6.07, 6.45) is 24.6. The molecule has 2 nitrogen and oxygen atoms in total. The average Bonchev–Trinajstić information content (AvgIpc) is 2.76. The summed E-state index contributed by atoms with van der Waals surface area (Å²) in [6, 6.07) is 0. The molecular weight excluding hydrogens is 344 g/mol. The van der Waals surface area contributed by atoms with Crippen LogP contribution in [-0.2, 0) is 9.47 Å². The molecule has 1 aliphatic heterocycles. The lowest BCUT2D eigenvalue weighted by Gasteiger charge is -2.37. The van der Waals surface area contributed by atoms with Crippen molar-refractivity contribution in [2.45, 2.75) is 110 Å². The van der Waals surface area contributed by atoms with Crippen LogP contribution in [0.4, 0.5) is 0 Å². The number of hydrogen-bond acceptors (Lipinski definition) is 2. The normalized spacial score (nSPS) is 37.4. The molecule has 0 aromatic rings. The molecule has 0 N–H and O–H groups in total. The monoisotopic (exact) mass is 390 g/mol. The summed E-state index contributed by atoms with van der Waals surface area (Å²) in [4.78, 5) is 0. The van der Waals surface area contributed by atoms with Crippen molar-refractivity contribution in [2.75, 3.05) is 13.2 Å². The molecule has 0 radical (unpaired) electrons. The second-order valence-electron chi connectivity index (χ2n) is 10.00.